The van der Waals surface area contributed by atoms with Crippen LogP contribution in [-0.2, 0) is 24.3 Å². The normalized spacial score (nSPS) is 16.6. The first-order valence-electron chi connectivity index (χ1n) is 9.52. The molecule has 27 heavy (non-hydrogen) atoms. The molecule has 1 aromatic heterocycles. The Morgan fingerprint density at radius 3 is 2.52 bits per heavy atom. The SMILES string of the molecule is COc1cc2c(cc1OC)CN(C(=O)Cn1nc(C3CCC3)nc1C)CC2. The number of rotatable bonds is 5. The summed E-state index contributed by atoms with van der Waals surface area (Å²) in [6, 6.07) is 3.99. The van der Waals surface area contributed by atoms with Crippen LogP contribution < -0.4 is 9.47 Å². The lowest BCUT2D eigenvalue weighted by atomic mass is 9.85. The van der Waals surface area contributed by atoms with Gasteiger partial charge in [0.1, 0.15) is 12.4 Å². The molecule has 4 rings (SSSR count). The molecule has 1 aliphatic heterocycles. The van der Waals surface area contributed by atoms with E-state index in [1.165, 1.54) is 12.0 Å². The van der Waals surface area contributed by atoms with Crippen LogP contribution in [-0.4, -0.2) is 46.3 Å². The number of ether oxygens (including phenoxy) is 2. The van der Waals surface area contributed by atoms with Crippen molar-refractivity contribution in [1.29, 1.82) is 0 Å². The van der Waals surface area contributed by atoms with Gasteiger partial charge in [0.25, 0.3) is 0 Å². The summed E-state index contributed by atoms with van der Waals surface area (Å²) in [5.74, 6) is 3.69. The van der Waals surface area contributed by atoms with Gasteiger partial charge >= 0.3 is 0 Å². The van der Waals surface area contributed by atoms with Crippen LogP contribution in [0.5, 0.6) is 11.5 Å². The van der Waals surface area contributed by atoms with Gasteiger partial charge in [-0.05, 0) is 49.4 Å². The van der Waals surface area contributed by atoms with E-state index in [1.807, 2.05) is 24.0 Å². The summed E-state index contributed by atoms with van der Waals surface area (Å²) in [5.41, 5.74) is 2.32. The van der Waals surface area contributed by atoms with Gasteiger partial charge < -0.3 is 14.4 Å². The Labute approximate surface area is 159 Å². The second kappa shape index (κ2) is 7.21. The van der Waals surface area contributed by atoms with Crippen molar-refractivity contribution < 1.29 is 14.3 Å². The van der Waals surface area contributed by atoms with Crippen LogP contribution in [0.15, 0.2) is 12.1 Å². The molecule has 2 aromatic rings. The Kier molecular flexibility index (Phi) is 4.76. The van der Waals surface area contributed by atoms with E-state index in [2.05, 4.69) is 10.1 Å². The third kappa shape index (κ3) is 3.38. The first-order valence-corrected chi connectivity index (χ1v) is 9.52. The Morgan fingerprint density at radius 1 is 1.19 bits per heavy atom. The molecule has 0 spiro atoms. The number of hydrogen-bond acceptors (Lipinski definition) is 5. The predicted octanol–water partition coefficient (Wildman–Crippen LogP) is 2.46. The summed E-state index contributed by atoms with van der Waals surface area (Å²) >= 11 is 0. The van der Waals surface area contributed by atoms with Gasteiger partial charge in [0.05, 0.1) is 14.2 Å². The quantitative estimate of drug-likeness (QED) is 0.809. The minimum atomic E-state index is 0.0728. The molecule has 2 aliphatic rings. The number of carbonyl (C=O) groups excluding carboxylic acids is 1. The largest absolute Gasteiger partial charge is 0.493 e. The van der Waals surface area contributed by atoms with Crippen LogP contribution >= 0.6 is 0 Å². The lowest BCUT2D eigenvalue weighted by Crippen LogP contribution is -2.38. The number of hydrogen-bond donors (Lipinski definition) is 0. The van der Waals surface area contributed by atoms with Gasteiger partial charge in [0.2, 0.25) is 5.91 Å². The highest BCUT2D eigenvalue weighted by Crippen LogP contribution is 2.35. The topological polar surface area (TPSA) is 69.5 Å². The maximum absolute atomic E-state index is 12.9. The van der Waals surface area contributed by atoms with Crippen molar-refractivity contribution in [3.8, 4) is 11.5 Å². The highest BCUT2D eigenvalue weighted by Gasteiger charge is 2.26. The molecule has 0 radical (unpaired) electrons. The molecule has 2 heterocycles. The van der Waals surface area contributed by atoms with Crippen molar-refractivity contribution in [3.05, 3.63) is 34.9 Å². The number of aromatic nitrogens is 3. The molecule has 1 fully saturated rings. The van der Waals surface area contributed by atoms with Gasteiger partial charge in [-0.1, -0.05) is 6.42 Å². The van der Waals surface area contributed by atoms with Crippen molar-refractivity contribution in [2.45, 2.75) is 51.6 Å². The van der Waals surface area contributed by atoms with Crippen molar-refractivity contribution in [3.63, 3.8) is 0 Å². The highest BCUT2D eigenvalue weighted by atomic mass is 16.5. The third-order valence-corrected chi connectivity index (χ3v) is 5.70. The van der Waals surface area contributed by atoms with Crippen molar-refractivity contribution in [2.75, 3.05) is 20.8 Å². The number of amides is 1. The number of aryl methyl sites for hydroxylation is 1. The average Bonchev–Trinajstić information content (AvgIpc) is 2.98. The van der Waals surface area contributed by atoms with E-state index < -0.39 is 0 Å². The van der Waals surface area contributed by atoms with E-state index >= 15 is 0 Å². The number of nitrogens with zero attached hydrogens (tertiary/aromatic N) is 4. The molecule has 1 amide bonds. The molecular formula is C20H26N4O3. The van der Waals surface area contributed by atoms with Crippen molar-refractivity contribution >= 4 is 5.91 Å². The van der Waals surface area contributed by atoms with Gasteiger partial charge in [0.15, 0.2) is 17.3 Å². The van der Waals surface area contributed by atoms with E-state index in [1.54, 1.807) is 18.9 Å². The molecule has 0 saturated heterocycles. The second-order valence-electron chi connectivity index (χ2n) is 7.34. The smallest absolute Gasteiger partial charge is 0.244 e. The minimum Gasteiger partial charge on any atom is -0.493 e. The Balaban J connectivity index is 1.47. The molecule has 7 heteroatoms. The molecule has 1 aromatic carbocycles. The van der Waals surface area contributed by atoms with Crippen LogP contribution in [0.2, 0.25) is 0 Å². The average molecular weight is 370 g/mol. The third-order valence-electron chi connectivity index (χ3n) is 5.70. The summed E-state index contributed by atoms with van der Waals surface area (Å²) in [7, 11) is 3.27. The maximum atomic E-state index is 12.9. The summed E-state index contributed by atoms with van der Waals surface area (Å²) in [4.78, 5) is 19.3. The molecule has 7 nitrogen and oxygen atoms in total. The summed E-state index contributed by atoms with van der Waals surface area (Å²) < 4.78 is 12.5. The van der Waals surface area contributed by atoms with Crippen LogP contribution in [0.25, 0.3) is 0 Å². The van der Waals surface area contributed by atoms with Crippen LogP contribution in [0.1, 0.15) is 48.0 Å². The Morgan fingerprint density at radius 2 is 1.89 bits per heavy atom. The van der Waals surface area contributed by atoms with E-state index in [9.17, 15) is 4.79 Å². The first-order chi connectivity index (χ1) is 13.1. The van der Waals surface area contributed by atoms with E-state index in [0.717, 1.165) is 42.2 Å². The van der Waals surface area contributed by atoms with Crippen LogP contribution in [0.3, 0.4) is 0 Å². The van der Waals surface area contributed by atoms with E-state index in [-0.39, 0.29) is 12.5 Å². The summed E-state index contributed by atoms with van der Waals surface area (Å²) in [6.45, 7) is 3.45. The molecule has 1 saturated carbocycles. The minimum absolute atomic E-state index is 0.0728. The maximum Gasteiger partial charge on any atom is 0.244 e. The molecule has 0 bridgehead atoms. The number of carbonyl (C=O) groups is 1. The lowest BCUT2D eigenvalue weighted by molar-refractivity contribution is -0.133. The Hall–Kier alpha value is -2.57. The van der Waals surface area contributed by atoms with E-state index in [0.29, 0.717) is 24.8 Å². The van der Waals surface area contributed by atoms with Gasteiger partial charge in [-0.25, -0.2) is 9.67 Å². The zero-order chi connectivity index (χ0) is 19.0. The zero-order valence-electron chi connectivity index (χ0n) is 16.2. The number of fused-ring (bicyclic) bond motifs is 1. The molecule has 0 atom stereocenters. The summed E-state index contributed by atoms with van der Waals surface area (Å²) in [6.07, 6.45) is 4.38. The Bertz CT molecular complexity index is 857. The number of methoxy groups -OCH3 is 2. The standard InChI is InChI=1S/C20H26N4O3/c1-13-21-20(14-5-4-6-14)22-24(13)12-19(25)23-8-7-15-9-17(26-2)18(27-3)10-16(15)11-23/h9-10,14H,4-8,11-12H2,1-3H3. The summed E-state index contributed by atoms with van der Waals surface area (Å²) in [5, 5.41) is 4.58. The molecule has 0 N–H and O–H groups in total. The van der Waals surface area contributed by atoms with Crippen molar-refractivity contribution in [1.82, 2.24) is 19.7 Å². The molecule has 0 unspecified atom stereocenters. The lowest BCUT2D eigenvalue weighted by Gasteiger charge is -2.29. The fraction of sp³-hybridized carbons (Fsp3) is 0.550. The molecule has 1 aliphatic carbocycles. The van der Waals surface area contributed by atoms with Gasteiger partial charge in [-0.15, -0.1) is 0 Å². The zero-order valence-corrected chi connectivity index (χ0v) is 16.2. The van der Waals surface area contributed by atoms with Crippen LogP contribution in [0, 0.1) is 6.92 Å². The number of benzene rings is 1. The van der Waals surface area contributed by atoms with Crippen molar-refractivity contribution in [2.24, 2.45) is 0 Å². The van der Waals surface area contributed by atoms with Gasteiger partial charge in [0, 0.05) is 19.0 Å². The highest BCUT2D eigenvalue weighted by molar-refractivity contribution is 5.76. The predicted molar refractivity (Wildman–Crippen MR) is 100 cm³/mol. The first kappa shape index (κ1) is 17.8. The van der Waals surface area contributed by atoms with Gasteiger partial charge in [-0.3, -0.25) is 4.79 Å². The monoisotopic (exact) mass is 370 g/mol. The fourth-order valence-corrected chi connectivity index (χ4v) is 3.76. The fourth-order valence-electron chi connectivity index (χ4n) is 3.76. The van der Waals surface area contributed by atoms with E-state index in [4.69, 9.17) is 9.47 Å². The van der Waals surface area contributed by atoms with Gasteiger partial charge in [-0.2, -0.15) is 5.10 Å². The van der Waals surface area contributed by atoms with Crippen LogP contribution in [0.4, 0.5) is 0 Å². The molecular weight excluding hydrogens is 344 g/mol. The second-order valence-corrected chi connectivity index (χ2v) is 7.34. The molecule has 144 valence electrons.